The quantitative estimate of drug-likeness (QED) is 0.912. The highest BCUT2D eigenvalue weighted by atomic mass is 35.5. The van der Waals surface area contributed by atoms with Crippen LogP contribution in [0.15, 0.2) is 18.2 Å². The van der Waals surface area contributed by atoms with Crippen LogP contribution in [0.5, 0.6) is 0 Å². The van der Waals surface area contributed by atoms with Crippen molar-refractivity contribution < 1.29 is 4.79 Å². The summed E-state index contributed by atoms with van der Waals surface area (Å²) in [6.07, 6.45) is 5.04. The molecule has 3 nitrogen and oxygen atoms in total. The van der Waals surface area contributed by atoms with Gasteiger partial charge in [-0.05, 0) is 37.1 Å². The van der Waals surface area contributed by atoms with Crippen LogP contribution in [0.25, 0.3) is 0 Å². The van der Waals surface area contributed by atoms with E-state index in [9.17, 15) is 4.79 Å². The van der Waals surface area contributed by atoms with E-state index < -0.39 is 0 Å². The van der Waals surface area contributed by atoms with Gasteiger partial charge < -0.3 is 10.6 Å². The number of halogens is 2. The lowest BCUT2D eigenvalue weighted by Gasteiger charge is -2.24. The van der Waals surface area contributed by atoms with Crippen molar-refractivity contribution in [3.63, 3.8) is 0 Å². The Morgan fingerprint density at radius 1 is 1.19 bits per heavy atom. The highest BCUT2D eigenvalue weighted by Crippen LogP contribution is 2.29. The first-order valence-electron chi connectivity index (χ1n) is 7.54. The minimum Gasteiger partial charge on any atom is -0.343 e. The van der Waals surface area contributed by atoms with E-state index in [4.69, 9.17) is 28.9 Å². The fraction of sp³-hybridized carbons (Fsp3) is 0.562. The van der Waals surface area contributed by atoms with Gasteiger partial charge in [-0.3, -0.25) is 4.79 Å². The molecule has 0 bridgehead atoms. The van der Waals surface area contributed by atoms with Crippen molar-refractivity contribution in [2.45, 2.75) is 38.0 Å². The van der Waals surface area contributed by atoms with Crippen LogP contribution >= 0.6 is 23.2 Å². The van der Waals surface area contributed by atoms with Gasteiger partial charge in [-0.15, -0.1) is 0 Å². The fourth-order valence-corrected chi connectivity index (χ4v) is 3.38. The molecule has 21 heavy (non-hydrogen) atoms. The number of rotatable bonds is 4. The Bertz CT molecular complexity index is 485. The molecule has 0 radical (unpaired) electrons. The van der Waals surface area contributed by atoms with Crippen molar-refractivity contribution in [1.82, 2.24) is 4.90 Å². The van der Waals surface area contributed by atoms with E-state index in [2.05, 4.69) is 0 Å². The van der Waals surface area contributed by atoms with Crippen LogP contribution in [0.3, 0.4) is 0 Å². The Morgan fingerprint density at radius 3 is 2.43 bits per heavy atom. The van der Waals surface area contributed by atoms with Gasteiger partial charge in [0.15, 0.2) is 0 Å². The Kier molecular flexibility index (Phi) is 6.34. The zero-order valence-electron chi connectivity index (χ0n) is 12.2. The fourth-order valence-electron chi connectivity index (χ4n) is 2.81. The zero-order valence-corrected chi connectivity index (χ0v) is 13.7. The molecule has 1 amide bonds. The van der Waals surface area contributed by atoms with Crippen molar-refractivity contribution in [3.8, 4) is 0 Å². The van der Waals surface area contributed by atoms with Crippen LogP contribution in [-0.2, 0) is 4.79 Å². The van der Waals surface area contributed by atoms with Gasteiger partial charge in [0.1, 0.15) is 0 Å². The highest BCUT2D eigenvalue weighted by Gasteiger charge is 2.22. The Labute approximate surface area is 136 Å². The predicted octanol–water partition coefficient (Wildman–Crippen LogP) is 3.83. The summed E-state index contributed by atoms with van der Waals surface area (Å²) in [5, 5.41) is 1.18. The number of nitrogens with zero attached hydrogens (tertiary/aromatic N) is 1. The monoisotopic (exact) mass is 328 g/mol. The van der Waals surface area contributed by atoms with Crippen LogP contribution < -0.4 is 5.73 Å². The lowest BCUT2D eigenvalue weighted by molar-refractivity contribution is -0.131. The normalized spacial score (nSPS) is 17.4. The van der Waals surface area contributed by atoms with E-state index >= 15 is 0 Å². The van der Waals surface area contributed by atoms with Gasteiger partial charge in [-0.2, -0.15) is 0 Å². The van der Waals surface area contributed by atoms with Crippen LogP contribution in [0.1, 0.15) is 43.6 Å². The molecule has 0 aliphatic carbocycles. The molecule has 2 rings (SSSR count). The molecule has 0 aromatic heterocycles. The van der Waals surface area contributed by atoms with E-state index in [0.29, 0.717) is 23.0 Å². The number of carbonyl (C=O) groups excluding carboxylic acids is 1. The molecule has 1 aliphatic heterocycles. The first kappa shape index (κ1) is 16.6. The number of hydrogen-bond donors (Lipinski definition) is 1. The summed E-state index contributed by atoms with van der Waals surface area (Å²) in [7, 11) is 0. The van der Waals surface area contributed by atoms with E-state index in [-0.39, 0.29) is 11.8 Å². The molecule has 0 spiro atoms. The molecule has 1 aromatic rings. The van der Waals surface area contributed by atoms with Crippen molar-refractivity contribution >= 4 is 29.1 Å². The second-order valence-corrected chi connectivity index (χ2v) is 6.44. The SMILES string of the molecule is NCC(CC(=O)N1CCCCCC1)c1ccc(Cl)cc1Cl. The van der Waals surface area contributed by atoms with Crippen LogP contribution in [-0.4, -0.2) is 30.4 Å². The van der Waals surface area contributed by atoms with E-state index in [1.807, 2.05) is 11.0 Å². The number of nitrogens with two attached hydrogens (primary N) is 1. The average Bonchev–Trinajstić information content (AvgIpc) is 2.74. The summed E-state index contributed by atoms with van der Waals surface area (Å²) < 4.78 is 0. The third-order valence-corrected chi connectivity index (χ3v) is 4.63. The largest absolute Gasteiger partial charge is 0.343 e. The first-order chi connectivity index (χ1) is 10.1. The minimum absolute atomic E-state index is 0.0504. The Morgan fingerprint density at radius 2 is 1.86 bits per heavy atom. The van der Waals surface area contributed by atoms with Gasteiger partial charge in [0.2, 0.25) is 5.91 Å². The Balaban J connectivity index is 2.05. The number of hydrogen-bond acceptors (Lipinski definition) is 2. The average molecular weight is 329 g/mol. The van der Waals surface area contributed by atoms with E-state index in [1.54, 1.807) is 12.1 Å². The highest BCUT2D eigenvalue weighted by molar-refractivity contribution is 6.35. The second kappa shape index (κ2) is 8.02. The van der Waals surface area contributed by atoms with Gasteiger partial charge in [0, 0.05) is 35.5 Å². The van der Waals surface area contributed by atoms with E-state index in [1.165, 1.54) is 12.8 Å². The maximum atomic E-state index is 12.5. The number of benzene rings is 1. The predicted molar refractivity (Wildman–Crippen MR) is 87.9 cm³/mol. The maximum absolute atomic E-state index is 12.5. The summed E-state index contributed by atoms with van der Waals surface area (Å²) in [5.41, 5.74) is 6.77. The van der Waals surface area contributed by atoms with Gasteiger partial charge in [0.25, 0.3) is 0 Å². The summed E-state index contributed by atoms with van der Waals surface area (Å²) in [5.74, 6) is 0.129. The van der Waals surface area contributed by atoms with Crippen LogP contribution in [0.4, 0.5) is 0 Å². The van der Waals surface area contributed by atoms with Crippen molar-refractivity contribution in [2.24, 2.45) is 5.73 Å². The topological polar surface area (TPSA) is 46.3 Å². The second-order valence-electron chi connectivity index (χ2n) is 5.60. The molecule has 0 saturated carbocycles. The first-order valence-corrected chi connectivity index (χ1v) is 8.30. The molecule has 1 saturated heterocycles. The minimum atomic E-state index is -0.0504. The number of likely N-dealkylation sites (tertiary alicyclic amines) is 1. The molecule has 1 aromatic carbocycles. The van der Waals surface area contributed by atoms with Gasteiger partial charge in [-0.25, -0.2) is 0 Å². The molecule has 116 valence electrons. The lowest BCUT2D eigenvalue weighted by atomic mass is 9.95. The molecule has 1 fully saturated rings. The molecule has 2 N–H and O–H groups in total. The molecule has 1 aliphatic rings. The Hall–Kier alpha value is -0.770. The van der Waals surface area contributed by atoms with Gasteiger partial charge >= 0.3 is 0 Å². The molecule has 1 unspecified atom stereocenters. The number of amides is 1. The van der Waals surface area contributed by atoms with Crippen molar-refractivity contribution in [3.05, 3.63) is 33.8 Å². The summed E-state index contributed by atoms with van der Waals surface area (Å²) in [6, 6.07) is 5.37. The molecular formula is C16H22Cl2N2O. The van der Waals surface area contributed by atoms with Crippen LogP contribution in [0, 0.1) is 0 Å². The summed E-state index contributed by atoms with van der Waals surface area (Å²) >= 11 is 12.2. The summed E-state index contributed by atoms with van der Waals surface area (Å²) in [6.45, 7) is 2.13. The lowest BCUT2D eigenvalue weighted by Crippen LogP contribution is -2.33. The van der Waals surface area contributed by atoms with Crippen molar-refractivity contribution in [1.29, 1.82) is 0 Å². The molecule has 5 heteroatoms. The molecule has 1 atom stereocenters. The van der Waals surface area contributed by atoms with Crippen LogP contribution in [0.2, 0.25) is 10.0 Å². The summed E-state index contributed by atoms with van der Waals surface area (Å²) in [4.78, 5) is 14.4. The number of carbonyl (C=O) groups is 1. The van der Waals surface area contributed by atoms with Crippen molar-refractivity contribution in [2.75, 3.05) is 19.6 Å². The standard InChI is InChI=1S/C16H22Cl2N2O/c17-13-5-6-14(15(18)10-13)12(11-19)9-16(21)20-7-3-1-2-4-8-20/h5-6,10,12H,1-4,7-9,11,19H2. The van der Waals surface area contributed by atoms with Gasteiger partial charge in [0.05, 0.1) is 0 Å². The van der Waals surface area contributed by atoms with Gasteiger partial charge in [-0.1, -0.05) is 42.1 Å². The molecule has 1 heterocycles. The smallest absolute Gasteiger partial charge is 0.223 e. The molecular weight excluding hydrogens is 307 g/mol. The third kappa shape index (κ3) is 4.60. The zero-order chi connectivity index (χ0) is 15.2. The van der Waals surface area contributed by atoms with E-state index in [0.717, 1.165) is 31.5 Å². The maximum Gasteiger partial charge on any atom is 0.223 e. The third-order valence-electron chi connectivity index (χ3n) is 4.07.